The molecule has 0 fully saturated rings. The molecule has 0 aliphatic carbocycles. The fourth-order valence-corrected chi connectivity index (χ4v) is 3.88. The van der Waals surface area contributed by atoms with Crippen molar-refractivity contribution in [3.63, 3.8) is 0 Å². The molecule has 0 saturated carbocycles. The first-order chi connectivity index (χ1) is 15.9. The van der Waals surface area contributed by atoms with Crippen LogP contribution < -0.4 is 10.1 Å². The number of nitrogens with one attached hydrogen (secondary N) is 1. The normalized spacial score (nSPS) is 10.8. The van der Waals surface area contributed by atoms with Crippen LogP contribution in [0.1, 0.15) is 21.5 Å². The van der Waals surface area contributed by atoms with Gasteiger partial charge >= 0.3 is 0 Å². The van der Waals surface area contributed by atoms with E-state index >= 15 is 0 Å². The third-order valence-electron chi connectivity index (χ3n) is 4.75. The maximum Gasteiger partial charge on any atom is 0.256 e. The van der Waals surface area contributed by atoms with Gasteiger partial charge in [-0.15, -0.1) is 0 Å². The number of halogens is 4. The summed E-state index contributed by atoms with van der Waals surface area (Å²) in [5.74, 6) is 0.244. The van der Waals surface area contributed by atoms with E-state index in [1.54, 1.807) is 42.6 Å². The Kier molecular flexibility index (Phi) is 7.33. The minimum Gasteiger partial charge on any atom is -0.489 e. The second kappa shape index (κ2) is 10.4. The second-order valence-electron chi connectivity index (χ2n) is 7.12. The maximum absolute atomic E-state index is 14.1. The average molecular weight is 549 g/mol. The summed E-state index contributed by atoms with van der Waals surface area (Å²) in [5.41, 5.74) is 1.68. The zero-order chi connectivity index (χ0) is 23.4. The summed E-state index contributed by atoms with van der Waals surface area (Å²) in [6.45, 7) is 0.470. The Bertz CT molecular complexity index is 1280. The van der Waals surface area contributed by atoms with E-state index in [-0.39, 0.29) is 12.5 Å². The molecule has 0 bridgehead atoms. The topological polar surface area (TPSA) is 56.2 Å². The molecule has 1 heterocycles. The van der Waals surface area contributed by atoms with Gasteiger partial charge in [0.25, 0.3) is 5.91 Å². The molecule has 0 aliphatic rings. The third-order valence-corrected chi connectivity index (χ3v) is 5.92. The van der Waals surface area contributed by atoms with E-state index in [0.29, 0.717) is 43.8 Å². The van der Waals surface area contributed by atoms with E-state index in [9.17, 15) is 9.18 Å². The standard InChI is InChI=1S/C24H17BrCl2FN3O2/c25-20-13-31(12-19-21(27)5-2-6-22(19)28)30-23(20)29-24(32)16-9-7-15(8-10-16)14-33-18-4-1-3-17(26)11-18/h1-11,13H,12,14H2,(H,29,30,32). The molecule has 1 amide bonds. The van der Waals surface area contributed by atoms with Crippen molar-refractivity contribution in [1.82, 2.24) is 9.78 Å². The van der Waals surface area contributed by atoms with Gasteiger partial charge in [-0.05, 0) is 64.0 Å². The number of anilines is 1. The number of carbonyl (C=O) groups excluding carboxylic acids is 1. The van der Waals surface area contributed by atoms with Crippen molar-refractivity contribution in [2.45, 2.75) is 13.2 Å². The second-order valence-corrected chi connectivity index (χ2v) is 8.82. The Morgan fingerprint density at radius 1 is 1.09 bits per heavy atom. The largest absolute Gasteiger partial charge is 0.489 e. The Morgan fingerprint density at radius 3 is 2.58 bits per heavy atom. The number of ether oxygens (including phenoxy) is 1. The van der Waals surface area contributed by atoms with E-state index < -0.39 is 5.82 Å². The molecule has 4 aromatic rings. The van der Waals surface area contributed by atoms with Gasteiger partial charge in [-0.3, -0.25) is 9.48 Å². The summed E-state index contributed by atoms with van der Waals surface area (Å²) >= 11 is 15.4. The summed E-state index contributed by atoms with van der Waals surface area (Å²) < 4.78 is 21.8. The molecule has 168 valence electrons. The van der Waals surface area contributed by atoms with Crippen molar-refractivity contribution in [1.29, 1.82) is 0 Å². The van der Waals surface area contributed by atoms with Crippen molar-refractivity contribution in [3.8, 4) is 5.75 Å². The predicted octanol–water partition coefficient (Wildman–Crippen LogP) is 6.97. The number of carbonyl (C=O) groups is 1. The molecule has 33 heavy (non-hydrogen) atoms. The zero-order valence-electron chi connectivity index (χ0n) is 17.1. The van der Waals surface area contributed by atoms with Crippen molar-refractivity contribution >= 4 is 50.9 Å². The molecule has 0 unspecified atom stereocenters. The Morgan fingerprint density at radius 2 is 1.85 bits per heavy atom. The molecule has 5 nitrogen and oxygen atoms in total. The van der Waals surface area contributed by atoms with E-state index in [1.165, 1.54) is 10.7 Å². The van der Waals surface area contributed by atoms with Crippen LogP contribution in [0.3, 0.4) is 0 Å². The summed E-state index contributed by atoms with van der Waals surface area (Å²) in [6.07, 6.45) is 1.65. The van der Waals surface area contributed by atoms with Crippen LogP contribution in [0.4, 0.5) is 10.2 Å². The number of amides is 1. The highest BCUT2D eigenvalue weighted by atomic mass is 79.9. The predicted molar refractivity (Wildman–Crippen MR) is 131 cm³/mol. The molecule has 0 aliphatic heterocycles. The van der Waals surface area contributed by atoms with Gasteiger partial charge in [0, 0.05) is 27.4 Å². The first-order valence-corrected chi connectivity index (χ1v) is 11.4. The Balaban J connectivity index is 1.39. The van der Waals surface area contributed by atoms with Crippen LogP contribution >= 0.6 is 39.1 Å². The lowest BCUT2D eigenvalue weighted by molar-refractivity contribution is 0.102. The molecule has 3 aromatic carbocycles. The lowest BCUT2D eigenvalue weighted by Gasteiger charge is -2.08. The SMILES string of the molecule is O=C(Nc1nn(Cc2c(F)cccc2Cl)cc1Br)c1ccc(COc2cccc(Cl)c2)cc1. The molecule has 0 spiro atoms. The van der Waals surface area contributed by atoms with Crippen molar-refractivity contribution < 1.29 is 13.9 Å². The van der Waals surface area contributed by atoms with Gasteiger partial charge in [-0.1, -0.05) is 47.5 Å². The van der Waals surface area contributed by atoms with Crippen LogP contribution in [-0.4, -0.2) is 15.7 Å². The first-order valence-electron chi connectivity index (χ1n) is 9.83. The average Bonchev–Trinajstić information content (AvgIpc) is 3.14. The van der Waals surface area contributed by atoms with Crippen LogP contribution in [0, 0.1) is 5.82 Å². The summed E-state index contributed by atoms with van der Waals surface area (Å²) in [6, 6.07) is 18.7. The van der Waals surface area contributed by atoms with Gasteiger partial charge < -0.3 is 10.1 Å². The number of rotatable bonds is 7. The van der Waals surface area contributed by atoms with Crippen molar-refractivity contribution in [3.05, 3.63) is 110 Å². The van der Waals surface area contributed by atoms with Crippen LogP contribution in [0.25, 0.3) is 0 Å². The summed E-state index contributed by atoms with van der Waals surface area (Å²) in [7, 11) is 0. The Hall–Kier alpha value is -2.87. The first kappa shape index (κ1) is 23.3. The highest BCUT2D eigenvalue weighted by Gasteiger charge is 2.14. The number of hydrogen-bond donors (Lipinski definition) is 1. The number of hydrogen-bond acceptors (Lipinski definition) is 3. The van der Waals surface area contributed by atoms with Gasteiger partial charge in [-0.25, -0.2) is 4.39 Å². The van der Waals surface area contributed by atoms with E-state index in [0.717, 1.165) is 5.56 Å². The van der Waals surface area contributed by atoms with E-state index in [4.69, 9.17) is 27.9 Å². The minimum atomic E-state index is -0.417. The molecule has 9 heteroatoms. The van der Waals surface area contributed by atoms with Crippen LogP contribution in [0.15, 0.2) is 77.4 Å². The van der Waals surface area contributed by atoms with Gasteiger partial charge in [0.05, 0.1) is 11.0 Å². The highest BCUT2D eigenvalue weighted by molar-refractivity contribution is 9.10. The van der Waals surface area contributed by atoms with E-state index in [1.807, 2.05) is 24.3 Å². The lowest BCUT2D eigenvalue weighted by atomic mass is 10.1. The lowest BCUT2D eigenvalue weighted by Crippen LogP contribution is -2.13. The minimum absolute atomic E-state index is 0.126. The van der Waals surface area contributed by atoms with Crippen molar-refractivity contribution in [2.75, 3.05) is 5.32 Å². The fraction of sp³-hybridized carbons (Fsp3) is 0.0833. The van der Waals surface area contributed by atoms with Crippen molar-refractivity contribution in [2.24, 2.45) is 0 Å². The van der Waals surface area contributed by atoms with Gasteiger partial charge in [0.2, 0.25) is 0 Å². The van der Waals surface area contributed by atoms with Crippen LogP contribution in [0.5, 0.6) is 5.75 Å². The fourth-order valence-electron chi connectivity index (χ4n) is 3.06. The number of benzene rings is 3. The van der Waals surface area contributed by atoms with Gasteiger partial charge in [0.1, 0.15) is 18.2 Å². The van der Waals surface area contributed by atoms with Gasteiger partial charge in [-0.2, -0.15) is 5.10 Å². The monoisotopic (exact) mass is 547 g/mol. The zero-order valence-corrected chi connectivity index (χ0v) is 20.2. The van der Waals surface area contributed by atoms with Crippen LogP contribution in [-0.2, 0) is 13.2 Å². The highest BCUT2D eigenvalue weighted by Crippen LogP contribution is 2.25. The molecule has 0 radical (unpaired) electrons. The summed E-state index contributed by atoms with van der Waals surface area (Å²) in [5, 5.41) is 7.99. The molecule has 1 N–H and O–H groups in total. The number of aromatic nitrogens is 2. The van der Waals surface area contributed by atoms with Gasteiger partial charge in [0.15, 0.2) is 5.82 Å². The molecular formula is C24H17BrCl2FN3O2. The molecule has 4 rings (SSSR count). The number of nitrogens with zero attached hydrogens (tertiary/aromatic N) is 2. The van der Waals surface area contributed by atoms with Crippen LogP contribution in [0.2, 0.25) is 10.0 Å². The Labute approximate surface area is 208 Å². The van der Waals surface area contributed by atoms with E-state index in [2.05, 4.69) is 26.3 Å². The molecule has 1 aromatic heterocycles. The maximum atomic E-state index is 14.1. The smallest absolute Gasteiger partial charge is 0.256 e. The molecular weight excluding hydrogens is 532 g/mol. The third kappa shape index (κ3) is 5.93. The summed E-state index contributed by atoms with van der Waals surface area (Å²) in [4.78, 5) is 12.7. The molecule has 0 saturated heterocycles. The quantitative estimate of drug-likeness (QED) is 0.271. The molecule has 0 atom stereocenters.